The van der Waals surface area contributed by atoms with E-state index in [1.54, 1.807) is 0 Å². The molecule has 0 amide bonds. The van der Waals surface area contributed by atoms with Gasteiger partial charge in [-0.15, -0.1) is 0 Å². The van der Waals surface area contributed by atoms with Crippen molar-refractivity contribution in [2.75, 3.05) is 12.4 Å². The highest BCUT2D eigenvalue weighted by Gasteiger charge is 2.42. The van der Waals surface area contributed by atoms with E-state index >= 15 is 0 Å². The SMILES string of the molecule is c1ccc(COC[C@@H]2SC[C@@H](OCc3ccccc3)[C@@H](OCc3ccccc3)[C@@H]2OCc2ccccc2)cc1. The second-order valence-electron chi connectivity index (χ2n) is 9.73. The van der Waals surface area contributed by atoms with Crippen LogP contribution < -0.4 is 0 Å². The summed E-state index contributed by atoms with van der Waals surface area (Å²) in [5.74, 6) is 0.816. The van der Waals surface area contributed by atoms with Gasteiger partial charge in [0.15, 0.2) is 0 Å². The molecule has 1 fully saturated rings. The number of ether oxygens (including phenoxy) is 4. The van der Waals surface area contributed by atoms with Crippen molar-refractivity contribution in [2.24, 2.45) is 0 Å². The molecule has 1 heterocycles. The van der Waals surface area contributed by atoms with Crippen LogP contribution in [0.4, 0.5) is 0 Å². The van der Waals surface area contributed by atoms with Crippen LogP contribution in [0.5, 0.6) is 0 Å². The largest absolute Gasteiger partial charge is 0.376 e. The Hall–Kier alpha value is -2.93. The van der Waals surface area contributed by atoms with E-state index in [1.807, 2.05) is 84.6 Å². The normalized spacial score (nSPS) is 21.0. The Balaban J connectivity index is 1.32. The molecule has 4 nitrogen and oxygen atoms in total. The molecule has 0 aliphatic carbocycles. The van der Waals surface area contributed by atoms with E-state index in [9.17, 15) is 0 Å². The Kier molecular flexibility index (Phi) is 10.6. The van der Waals surface area contributed by atoms with Gasteiger partial charge in [0, 0.05) is 5.75 Å². The lowest BCUT2D eigenvalue weighted by Gasteiger charge is -2.42. The summed E-state index contributed by atoms with van der Waals surface area (Å²) >= 11 is 1.86. The number of hydrogen-bond donors (Lipinski definition) is 0. The molecule has 0 aromatic heterocycles. The summed E-state index contributed by atoms with van der Waals surface area (Å²) in [6.07, 6.45) is -0.529. The van der Waals surface area contributed by atoms with Gasteiger partial charge in [-0.25, -0.2) is 0 Å². The molecule has 1 saturated heterocycles. The highest BCUT2D eigenvalue weighted by atomic mass is 32.2. The van der Waals surface area contributed by atoms with Crippen LogP contribution in [0.3, 0.4) is 0 Å². The number of thioether (sulfide) groups is 1. The molecule has 4 aromatic rings. The van der Waals surface area contributed by atoms with Crippen molar-refractivity contribution in [2.45, 2.75) is 50.0 Å². The molecule has 0 unspecified atom stereocenters. The summed E-state index contributed by atoms with van der Waals surface area (Å²) in [7, 11) is 0. The van der Waals surface area contributed by atoms with Gasteiger partial charge < -0.3 is 18.9 Å². The van der Waals surface area contributed by atoms with Crippen LogP contribution in [0.15, 0.2) is 121 Å². The van der Waals surface area contributed by atoms with Gasteiger partial charge in [-0.05, 0) is 22.3 Å². The first-order valence-electron chi connectivity index (χ1n) is 13.5. The molecule has 1 aliphatic rings. The molecule has 0 bridgehead atoms. The maximum Gasteiger partial charge on any atom is 0.112 e. The molecule has 5 heteroatoms. The maximum atomic E-state index is 6.66. The average molecular weight is 541 g/mol. The van der Waals surface area contributed by atoms with Crippen LogP contribution in [0, 0.1) is 0 Å². The first-order chi connectivity index (χ1) is 19.3. The standard InChI is InChI=1S/C34H36O4S/c1-5-13-27(14-6-1)21-35-25-32-34(38-24-30-19-11-4-12-20-30)33(37-23-29-17-9-3-10-18-29)31(26-39-32)36-22-28-15-7-2-8-16-28/h1-20,31-34H,21-26H2/t31-,32+,33-,34-/m1/s1. The van der Waals surface area contributed by atoms with Crippen LogP contribution in [0.25, 0.3) is 0 Å². The maximum absolute atomic E-state index is 6.66. The van der Waals surface area contributed by atoms with Gasteiger partial charge in [0.25, 0.3) is 0 Å². The predicted octanol–water partition coefficient (Wildman–Crippen LogP) is 7.07. The summed E-state index contributed by atoms with van der Waals surface area (Å²) in [6, 6.07) is 41.2. The van der Waals surface area contributed by atoms with Gasteiger partial charge in [0.1, 0.15) is 12.2 Å². The van der Waals surface area contributed by atoms with Crippen molar-refractivity contribution in [1.29, 1.82) is 0 Å². The fourth-order valence-corrected chi connectivity index (χ4v) is 6.04. The van der Waals surface area contributed by atoms with Crippen molar-refractivity contribution in [3.05, 3.63) is 144 Å². The lowest BCUT2D eigenvalue weighted by atomic mass is 10.0. The molecule has 0 N–H and O–H groups in total. The van der Waals surface area contributed by atoms with Crippen LogP contribution >= 0.6 is 11.8 Å². The van der Waals surface area contributed by atoms with E-state index < -0.39 is 0 Å². The Morgan fingerprint density at radius 1 is 0.487 bits per heavy atom. The Labute approximate surface area is 236 Å². The van der Waals surface area contributed by atoms with Crippen molar-refractivity contribution in [3.8, 4) is 0 Å². The summed E-state index contributed by atoms with van der Waals surface area (Å²) in [5, 5.41) is 0.120. The van der Waals surface area contributed by atoms with E-state index in [0.29, 0.717) is 33.0 Å². The molecule has 0 radical (unpaired) electrons. The van der Waals surface area contributed by atoms with Crippen LogP contribution in [0.1, 0.15) is 22.3 Å². The van der Waals surface area contributed by atoms with Gasteiger partial charge >= 0.3 is 0 Å². The Morgan fingerprint density at radius 2 is 0.897 bits per heavy atom. The highest BCUT2D eigenvalue weighted by molar-refractivity contribution is 8.00. The monoisotopic (exact) mass is 540 g/mol. The molecule has 5 rings (SSSR count). The molecule has 39 heavy (non-hydrogen) atoms. The van der Waals surface area contributed by atoms with Gasteiger partial charge in [-0.2, -0.15) is 11.8 Å². The van der Waals surface area contributed by atoms with Crippen molar-refractivity contribution in [3.63, 3.8) is 0 Å². The zero-order valence-corrected chi connectivity index (χ0v) is 23.0. The average Bonchev–Trinajstić information content (AvgIpc) is 3.00. The molecule has 0 spiro atoms. The summed E-state index contributed by atoms with van der Waals surface area (Å²) in [4.78, 5) is 0. The molecular weight excluding hydrogens is 504 g/mol. The minimum Gasteiger partial charge on any atom is -0.376 e. The van der Waals surface area contributed by atoms with Crippen LogP contribution in [-0.4, -0.2) is 35.9 Å². The smallest absolute Gasteiger partial charge is 0.112 e. The van der Waals surface area contributed by atoms with Crippen molar-refractivity contribution < 1.29 is 18.9 Å². The molecule has 4 atom stereocenters. The minimum atomic E-state index is -0.232. The zero-order chi connectivity index (χ0) is 26.5. The van der Waals surface area contributed by atoms with E-state index in [2.05, 4.69) is 48.5 Å². The predicted molar refractivity (Wildman–Crippen MR) is 157 cm³/mol. The van der Waals surface area contributed by atoms with Crippen molar-refractivity contribution in [1.82, 2.24) is 0 Å². The van der Waals surface area contributed by atoms with Gasteiger partial charge in [0.2, 0.25) is 0 Å². The van der Waals surface area contributed by atoms with Gasteiger partial charge in [-0.1, -0.05) is 121 Å². The third kappa shape index (κ3) is 8.53. The lowest BCUT2D eigenvalue weighted by Crippen LogP contribution is -2.53. The number of benzene rings is 4. The molecule has 4 aromatic carbocycles. The van der Waals surface area contributed by atoms with E-state index in [4.69, 9.17) is 18.9 Å². The molecular formula is C34H36O4S. The topological polar surface area (TPSA) is 36.9 Å². The fourth-order valence-electron chi connectivity index (χ4n) is 4.70. The zero-order valence-electron chi connectivity index (χ0n) is 22.1. The molecule has 202 valence electrons. The Bertz CT molecular complexity index is 1210. The summed E-state index contributed by atoms with van der Waals surface area (Å²) < 4.78 is 26.0. The number of hydrogen-bond acceptors (Lipinski definition) is 5. The third-order valence-corrected chi connectivity index (χ3v) is 8.16. The quantitative estimate of drug-likeness (QED) is 0.181. The summed E-state index contributed by atoms with van der Waals surface area (Å²) in [5.41, 5.74) is 4.59. The van der Waals surface area contributed by atoms with Gasteiger partial charge in [-0.3, -0.25) is 0 Å². The second-order valence-corrected chi connectivity index (χ2v) is 11.0. The fraction of sp³-hybridized carbons (Fsp3) is 0.294. The van der Waals surface area contributed by atoms with Crippen LogP contribution in [0.2, 0.25) is 0 Å². The van der Waals surface area contributed by atoms with Crippen LogP contribution in [-0.2, 0) is 45.4 Å². The third-order valence-electron chi connectivity index (χ3n) is 6.80. The number of rotatable bonds is 13. The first-order valence-corrected chi connectivity index (χ1v) is 14.6. The van der Waals surface area contributed by atoms with E-state index in [1.165, 1.54) is 5.56 Å². The lowest BCUT2D eigenvalue weighted by molar-refractivity contribution is -0.152. The summed E-state index contributed by atoms with van der Waals surface area (Å²) in [6.45, 7) is 2.71. The van der Waals surface area contributed by atoms with E-state index in [0.717, 1.165) is 22.4 Å². The molecule has 1 aliphatic heterocycles. The minimum absolute atomic E-state index is 0.106. The van der Waals surface area contributed by atoms with Crippen molar-refractivity contribution >= 4 is 11.8 Å². The van der Waals surface area contributed by atoms with E-state index in [-0.39, 0.29) is 23.6 Å². The second kappa shape index (κ2) is 15.0. The van der Waals surface area contributed by atoms with Gasteiger partial charge in [0.05, 0.1) is 44.4 Å². The molecule has 0 saturated carbocycles. The highest BCUT2D eigenvalue weighted by Crippen LogP contribution is 2.34. The first kappa shape index (κ1) is 27.6. The Morgan fingerprint density at radius 3 is 1.38 bits per heavy atom.